The SMILES string of the molecule is Cc1cccc(CC(CN)C(N)=O)c1C. The van der Waals surface area contributed by atoms with E-state index in [2.05, 4.69) is 19.9 Å². The molecule has 0 aliphatic heterocycles. The van der Waals surface area contributed by atoms with Crippen molar-refractivity contribution < 1.29 is 4.79 Å². The number of benzene rings is 1. The number of amides is 1. The van der Waals surface area contributed by atoms with Crippen LogP contribution in [0.3, 0.4) is 0 Å². The van der Waals surface area contributed by atoms with Crippen LogP contribution in [0.25, 0.3) is 0 Å². The summed E-state index contributed by atoms with van der Waals surface area (Å²) in [4.78, 5) is 11.1. The van der Waals surface area contributed by atoms with E-state index in [4.69, 9.17) is 11.5 Å². The van der Waals surface area contributed by atoms with E-state index in [1.165, 1.54) is 11.1 Å². The molecule has 1 unspecified atom stereocenters. The van der Waals surface area contributed by atoms with Crippen LogP contribution in [0.5, 0.6) is 0 Å². The number of rotatable bonds is 4. The molecule has 0 aliphatic rings. The van der Waals surface area contributed by atoms with Gasteiger partial charge in [0, 0.05) is 6.54 Å². The van der Waals surface area contributed by atoms with E-state index in [0.717, 1.165) is 5.56 Å². The number of carbonyl (C=O) groups excluding carboxylic acids is 1. The summed E-state index contributed by atoms with van der Waals surface area (Å²) in [6.45, 7) is 4.42. The first kappa shape index (κ1) is 11.7. The second-order valence-corrected chi connectivity index (χ2v) is 3.90. The van der Waals surface area contributed by atoms with Gasteiger partial charge in [0.1, 0.15) is 0 Å². The largest absolute Gasteiger partial charge is 0.369 e. The van der Waals surface area contributed by atoms with Crippen LogP contribution < -0.4 is 11.5 Å². The van der Waals surface area contributed by atoms with Crippen molar-refractivity contribution in [2.45, 2.75) is 20.3 Å². The highest BCUT2D eigenvalue weighted by Crippen LogP contribution is 2.16. The number of carbonyl (C=O) groups is 1. The van der Waals surface area contributed by atoms with Crippen molar-refractivity contribution in [3.8, 4) is 0 Å². The lowest BCUT2D eigenvalue weighted by Gasteiger charge is -2.13. The molecule has 1 atom stereocenters. The van der Waals surface area contributed by atoms with Crippen molar-refractivity contribution in [2.75, 3.05) is 6.54 Å². The fraction of sp³-hybridized carbons (Fsp3) is 0.417. The maximum Gasteiger partial charge on any atom is 0.222 e. The van der Waals surface area contributed by atoms with Crippen molar-refractivity contribution in [1.29, 1.82) is 0 Å². The lowest BCUT2D eigenvalue weighted by Crippen LogP contribution is -2.31. The van der Waals surface area contributed by atoms with Gasteiger partial charge in [-0.3, -0.25) is 4.79 Å². The zero-order valence-electron chi connectivity index (χ0n) is 9.29. The van der Waals surface area contributed by atoms with Gasteiger partial charge in [-0.2, -0.15) is 0 Å². The lowest BCUT2D eigenvalue weighted by atomic mass is 9.93. The van der Waals surface area contributed by atoms with Gasteiger partial charge in [0.15, 0.2) is 0 Å². The van der Waals surface area contributed by atoms with Crippen molar-refractivity contribution in [2.24, 2.45) is 17.4 Å². The molecule has 0 saturated heterocycles. The summed E-state index contributed by atoms with van der Waals surface area (Å²) in [5.74, 6) is -0.580. The summed E-state index contributed by atoms with van der Waals surface area (Å²) in [6, 6.07) is 6.07. The second-order valence-electron chi connectivity index (χ2n) is 3.90. The molecule has 0 aliphatic carbocycles. The summed E-state index contributed by atoms with van der Waals surface area (Å²) >= 11 is 0. The molecule has 0 aromatic heterocycles. The summed E-state index contributed by atoms with van der Waals surface area (Å²) in [5, 5.41) is 0. The highest BCUT2D eigenvalue weighted by Gasteiger charge is 2.15. The number of nitrogens with two attached hydrogens (primary N) is 2. The summed E-state index contributed by atoms with van der Waals surface area (Å²) < 4.78 is 0. The molecule has 15 heavy (non-hydrogen) atoms. The predicted octanol–water partition coefficient (Wildman–Crippen LogP) is 0.906. The van der Waals surface area contributed by atoms with Gasteiger partial charge in [-0.15, -0.1) is 0 Å². The van der Waals surface area contributed by atoms with Crippen LogP contribution in [0, 0.1) is 19.8 Å². The predicted molar refractivity (Wildman–Crippen MR) is 61.4 cm³/mol. The average Bonchev–Trinajstić information content (AvgIpc) is 2.19. The van der Waals surface area contributed by atoms with Crippen molar-refractivity contribution in [3.05, 3.63) is 34.9 Å². The Bertz CT molecular complexity index is 361. The van der Waals surface area contributed by atoms with Crippen LogP contribution in [0.2, 0.25) is 0 Å². The number of hydrogen-bond donors (Lipinski definition) is 2. The normalized spacial score (nSPS) is 12.5. The molecule has 0 saturated carbocycles. The van der Waals surface area contributed by atoms with E-state index < -0.39 is 0 Å². The Morgan fingerprint density at radius 2 is 2.07 bits per heavy atom. The Morgan fingerprint density at radius 3 is 2.60 bits per heavy atom. The third-order valence-corrected chi connectivity index (χ3v) is 2.87. The first-order valence-corrected chi connectivity index (χ1v) is 5.10. The molecule has 0 radical (unpaired) electrons. The summed E-state index contributed by atoms with van der Waals surface area (Å²) in [6.07, 6.45) is 0.638. The Balaban J connectivity index is 2.88. The van der Waals surface area contributed by atoms with Crippen molar-refractivity contribution >= 4 is 5.91 Å². The molecule has 1 aromatic rings. The lowest BCUT2D eigenvalue weighted by molar-refractivity contribution is -0.121. The third kappa shape index (κ3) is 2.80. The summed E-state index contributed by atoms with van der Waals surface area (Å²) in [5.41, 5.74) is 14.4. The average molecular weight is 206 g/mol. The number of hydrogen-bond acceptors (Lipinski definition) is 2. The number of aryl methyl sites for hydroxylation is 1. The Hall–Kier alpha value is -1.35. The molecule has 4 N–H and O–H groups in total. The van der Waals surface area contributed by atoms with Crippen molar-refractivity contribution in [3.63, 3.8) is 0 Å². The first-order valence-electron chi connectivity index (χ1n) is 5.10. The van der Waals surface area contributed by atoms with Gasteiger partial charge in [-0.05, 0) is 37.0 Å². The summed E-state index contributed by atoms with van der Waals surface area (Å²) in [7, 11) is 0. The van der Waals surface area contributed by atoms with Gasteiger partial charge in [0.25, 0.3) is 0 Å². The van der Waals surface area contributed by atoms with Crippen LogP contribution in [-0.2, 0) is 11.2 Å². The fourth-order valence-corrected chi connectivity index (χ4v) is 1.60. The Morgan fingerprint density at radius 1 is 1.40 bits per heavy atom. The van der Waals surface area contributed by atoms with Gasteiger partial charge in [0.2, 0.25) is 5.91 Å². The minimum Gasteiger partial charge on any atom is -0.369 e. The van der Waals surface area contributed by atoms with Gasteiger partial charge in [-0.25, -0.2) is 0 Å². The van der Waals surface area contributed by atoms with Crippen LogP contribution in [0.15, 0.2) is 18.2 Å². The molecule has 0 fully saturated rings. The van der Waals surface area contributed by atoms with Crippen LogP contribution in [-0.4, -0.2) is 12.5 Å². The molecular formula is C12H18N2O. The van der Waals surface area contributed by atoms with Gasteiger partial charge < -0.3 is 11.5 Å². The van der Waals surface area contributed by atoms with E-state index in [-0.39, 0.29) is 11.8 Å². The maximum atomic E-state index is 11.1. The van der Waals surface area contributed by atoms with E-state index in [0.29, 0.717) is 13.0 Å². The topological polar surface area (TPSA) is 69.1 Å². The first-order chi connectivity index (χ1) is 7.06. The molecule has 1 amide bonds. The smallest absolute Gasteiger partial charge is 0.222 e. The van der Waals surface area contributed by atoms with Crippen LogP contribution in [0.4, 0.5) is 0 Å². The Labute approximate surface area is 90.5 Å². The molecule has 0 spiro atoms. The van der Waals surface area contributed by atoms with Crippen LogP contribution >= 0.6 is 0 Å². The minimum atomic E-state index is -0.321. The fourth-order valence-electron chi connectivity index (χ4n) is 1.60. The molecule has 0 heterocycles. The molecule has 1 aromatic carbocycles. The highest BCUT2D eigenvalue weighted by molar-refractivity contribution is 5.77. The van der Waals surface area contributed by atoms with Gasteiger partial charge in [0.05, 0.1) is 5.92 Å². The van der Waals surface area contributed by atoms with E-state index >= 15 is 0 Å². The van der Waals surface area contributed by atoms with E-state index in [1.54, 1.807) is 0 Å². The van der Waals surface area contributed by atoms with E-state index in [9.17, 15) is 4.79 Å². The minimum absolute atomic E-state index is 0.259. The Kier molecular flexibility index (Phi) is 3.86. The molecule has 3 heteroatoms. The third-order valence-electron chi connectivity index (χ3n) is 2.87. The van der Waals surface area contributed by atoms with Crippen LogP contribution in [0.1, 0.15) is 16.7 Å². The monoisotopic (exact) mass is 206 g/mol. The maximum absolute atomic E-state index is 11.1. The molecule has 82 valence electrons. The zero-order valence-corrected chi connectivity index (χ0v) is 9.29. The van der Waals surface area contributed by atoms with Gasteiger partial charge in [-0.1, -0.05) is 18.2 Å². The van der Waals surface area contributed by atoms with Gasteiger partial charge >= 0.3 is 0 Å². The molecule has 0 bridgehead atoms. The highest BCUT2D eigenvalue weighted by atomic mass is 16.1. The second kappa shape index (κ2) is 4.94. The molecule has 1 rings (SSSR count). The zero-order chi connectivity index (χ0) is 11.4. The van der Waals surface area contributed by atoms with Crippen molar-refractivity contribution in [1.82, 2.24) is 0 Å². The van der Waals surface area contributed by atoms with E-state index in [1.807, 2.05) is 12.1 Å². The quantitative estimate of drug-likeness (QED) is 0.768. The molecule has 3 nitrogen and oxygen atoms in total. The standard InChI is InChI=1S/C12H18N2O/c1-8-4-3-5-10(9(8)2)6-11(7-13)12(14)15/h3-5,11H,6-7,13H2,1-2H3,(H2,14,15). The number of primary amides is 1. The molecular weight excluding hydrogens is 188 g/mol.